The molecule has 4 rings (SSSR count). The van der Waals surface area contributed by atoms with E-state index in [1.807, 2.05) is 0 Å². The second-order valence-corrected chi connectivity index (χ2v) is 6.87. The van der Waals surface area contributed by atoms with Crippen molar-refractivity contribution in [3.63, 3.8) is 0 Å². The van der Waals surface area contributed by atoms with Crippen LogP contribution in [0.15, 0.2) is 36.4 Å². The van der Waals surface area contributed by atoms with Crippen LogP contribution in [0.1, 0.15) is 62.5 Å². The topological polar surface area (TPSA) is 9.23 Å². The first kappa shape index (κ1) is 13.3. The van der Waals surface area contributed by atoms with Gasteiger partial charge in [0.15, 0.2) is 0 Å². The zero-order valence-corrected chi connectivity index (χ0v) is 12.9. The molecule has 2 aromatic carbocycles. The Morgan fingerprint density at radius 2 is 1.71 bits per heavy atom. The van der Waals surface area contributed by atoms with E-state index in [9.17, 15) is 0 Å². The third-order valence-corrected chi connectivity index (χ3v) is 5.48. The third-order valence-electron chi connectivity index (χ3n) is 5.48. The number of benzene rings is 2. The SMILES string of the molecule is CC1COC2(CCCCCC2)c2ccc3ccccc3c21. The van der Waals surface area contributed by atoms with E-state index < -0.39 is 0 Å². The van der Waals surface area contributed by atoms with Crippen LogP contribution in [0.2, 0.25) is 0 Å². The summed E-state index contributed by atoms with van der Waals surface area (Å²) < 4.78 is 6.47. The predicted octanol–water partition coefficient (Wildman–Crippen LogP) is 5.52. The quantitative estimate of drug-likeness (QED) is 0.617. The largest absolute Gasteiger partial charge is 0.370 e. The molecule has 0 bridgehead atoms. The molecular weight excluding hydrogens is 256 g/mol. The van der Waals surface area contributed by atoms with Gasteiger partial charge in [-0.2, -0.15) is 0 Å². The van der Waals surface area contributed by atoms with Gasteiger partial charge in [-0.15, -0.1) is 0 Å². The van der Waals surface area contributed by atoms with Gasteiger partial charge < -0.3 is 4.74 Å². The van der Waals surface area contributed by atoms with Crippen LogP contribution < -0.4 is 0 Å². The van der Waals surface area contributed by atoms with Gasteiger partial charge in [0, 0.05) is 5.92 Å². The van der Waals surface area contributed by atoms with Gasteiger partial charge in [-0.05, 0) is 34.7 Å². The fraction of sp³-hybridized carbons (Fsp3) is 0.500. The summed E-state index contributed by atoms with van der Waals surface area (Å²) in [5.74, 6) is 0.500. The van der Waals surface area contributed by atoms with Crippen molar-refractivity contribution in [3.05, 3.63) is 47.5 Å². The molecule has 1 unspecified atom stereocenters. The smallest absolute Gasteiger partial charge is 0.0934 e. The normalized spacial score (nSPS) is 24.7. The van der Waals surface area contributed by atoms with Gasteiger partial charge in [0.05, 0.1) is 12.2 Å². The van der Waals surface area contributed by atoms with Crippen LogP contribution in [0.3, 0.4) is 0 Å². The molecule has 2 aromatic rings. The van der Waals surface area contributed by atoms with Gasteiger partial charge in [0.1, 0.15) is 0 Å². The van der Waals surface area contributed by atoms with Crippen molar-refractivity contribution in [2.75, 3.05) is 6.61 Å². The number of rotatable bonds is 0. The van der Waals surface area contributed by atoms with Crippen LogP contribution in [-0.4, -0.2) is 6.61 Å². The summed E-state index contributed by atoms with van der Waals surface area (Å²) in [4.78, 5) is 0. The Morgan fingerprint density at radius 3 is 2.52 bits per heavy atom. The average Bonchev–Trinajstić information content (AvgIpc) is 2.77. The standard InChI is InChI=1S/C20H24O/c1-15-14-21-20(12-6-2-3-7-13-20)18-11-10-16-8-4-5-9-17(16)19(15)18/h4-5,8-11,15H,2-3,6-7,12-14H2,1H3. The number of ether oxygens (including phenoxy) is 1. The maximum absolute atomic E-state index is 6.47. The van der Waals surface area contributed by atoms with Crippen molar-refractivity contribution in [2.45, 2.75) is 57.0 Å². The van der Waals surface area contributed by atoms with Crippen molar-refractivity contribution in [3.8, 4) is 0 Å². The molecule has 2 aliphatic rings. The number of hydrogen-bond donors (Lipinski definition) is 0. The average molecular weight is 280 g/mol. The van der Waals surface area contributed by atoms with Crippen LogP contribution in [-0.2, 0) is 10.3 Å². The first-order chi connectivity index (χ1) is 10.3. The van der Waals surface area contributed by atoms with Gasteiger partial charge in [-0.25, -0.2) is 0 Å². The highest BCUT2D eigenvalue weighted by Gasteiger charge is 2.40. The summed E-state index contributed by atoms with van der Waals surface area (Å²) in [6, 6.07) is 13.5. The van der Waals surface area contributed by atoms with E-state index in [0.29, 0.717) is 5.92 Å². The zero-order chi connectivity index (χ0) is 14.3. The Hall–Kier alpha value is -1.34. The zero-order valence-electron chi connectivity index (χ0n) is 12.9. The summed E-state index contributed by atoms with van der Waals surface area (Å²) in [5.41, 5.74) is 3.05. The minimum absolute atomic E-state index is 0.00236. The van der Waals surface area contributed by atoms with Crippen molar-refractivity contribution >= 4 is 10.8 Å². The van der Waals surface area contributed by atoms with E-state index in [1.54, 1.807) is 5.56 Å². The lowest BCUT2D eigenvalue weighted by atomic mass is 9.76. The molecule has 0 radical (unpaired) electrons. The summed E-state index contributed by atoms with van der Waals surface area (Å²) in [7, 11) is 0. The first-order valence-corrected chi connectivity index (χ1v) is 8.46. The molecule has 1 fully saturated rings. The van der Waals surface area contributed by atoms with Gasteiger partial charge in [0.25, 0.3) is 0 Å². The Morgan fingerprint density at radius 1 is 0.952 bits per heavy atom. The van der Waals surface area contributed by atoms with Crippen LogP contribution in [0, 0.1) is 0 Å². The highest BCUT2D eigenvalue weighted by molar-refractivity contribution is 5.87. The van der Waals surface area contributed by atoms with Crippen molar-refractivity contribution in [1.29, 1.82) is 0 Å². The highest BCUT2D eigenvalue weighted by atomic mass is 16.5. The molecule has 1 saturated carbocycles. The van der Waals surface area contributed by atoms with Crippen LogP contribution in [0.5, 0.6) is 0 Å². The molecule has 0 amide bonds. The second kappa shape index (κ2) is 5.14. The third kappa shape index (κ3) is 2.10. The lowest BCUT2D eigenvalue weighted by Crippen LogP contribution is -2.36. The van der Waals surface area contributed by atoms with Crippen molar-refractivity contribution in [2.24, 2.45) is 0 Å². The number of hydrogen-bond acceptors (Lipinski definition) is 1. The van der Waals surface area contributed by atoms with E-state index in [2.05, 4.69) is 43.3 Å². The van der Waals surface area contributed by atoms with Gasteiger partial charge in [-0.3, -0.25) is 0 Å². The minimum atomic E-state index is 0.00236. The maximum atomic E-state index is 6.47. The summed E-state index contributed by atoms with van der Waals surface area (Å²) in [6.45, 7) is 3.19. The Bertz CT molecular complexity index is 650. The fourth-order valence-electron chi connectivity index (χ4n) is 4.38. The minimum Gasteiger partial charge on any atom is -0.370 e. The van der Waals surface area contributed by atoms with E-state index in [0.717, 1.165) is 6.61 Å². The molecule has 1 aliphatic heterocycles. The summed E-state index contributed by atoms with van der Waals surface area (Å²) in [5, 5.41) is 2.81. The van der Waals surface area contributed by atoms with E-state index in [4.69, 9.17) is 4.74 Å². The van der Waals surface area contributed by atoms with Crippen LogP contribution >= 0.6 is 0 Å². The molecular formula is C20H24O. The Balaban J connectivity index is 1.94. The molecule has 0 saturated heterocycles. The molecule has 0 aromatic heterocycles. The Kier molecular flexibility index (Phi) is 3.26. The van der Waals surface area contributed by atoms with Gasteiger partial charge in [-0.1, -0.05) is 69.0 Å². The molecule has 1 aliphatic carbocycles. The van der Waals surface area contributed by atoms with Gasteiger partial charge >= 0.3 is 0 Å². The fourth-order valence-corrected chi connectivity index (χ4v) is 4.38. The maximum Gasteiger partial charge on any atom is 0.0934 e. The van der Waals surface area contributed by atoms with Gasteiger partial charge in [0.2, 0.25) is 0 Å². The molecule has 1 spiro atoms. The second-order valence-electron chi connectivity index (χ2n) is 6.87. The first-order valence-electron chi connectivity index (χ1n) is 8.46. The van der Waals surface area contributed by atoms with Crippen molar-refractivity contribution in [1.82, 2.24) is 0 Å². The molecule has 110 valence electrons. The van der Waals surface area contributed by atoms with E-state index in [1.165, 1.54) is 54.9 Å². The van der Waals surface area contributed by atoms with E-state index in [-0.39, 0.29) is 5.60 Å². The lowest BCUT2D eigenvalue weighted by molar-refractivity contribution is -0.0784. The molecule has 21 heavy (non-hydrogen) atoms. The Labute approximate surface area is 127 Å². The molecule has 1 atom stereocenters. The van der Waals surface area contributed by atoms with Crippen molar-refractivity contribution < 1.29 is 4.74 Å². The number of fused-ring (bicyclic) bond motifs is 4. The molecule has 0 N–H and O–H groups in total. The summed E-state index contributed by atoms with van der Waals surface area (Å²) in [6.07, 6.45) is 7.74. The molecule has 1 nitrogen and oxygen atoms in total. The monoisotopic (exact) mass is 280 g/mol. The van der Waals surface area contributed by atoms with E-state index >= 15 is 0 Å². The molecule has 1 heterocycles. The lowest BCUT2D eigenvalue weighted by Gasteiger charge is -2.41. The summed E-state index contributed by atoms with van der Waals surface area (Å²) >= 11 is 0. The van der Waals surface area contributed by atoms with Crippen LogP contribution in [0.4, 0.5) is 0 Å². The molecule has 1 heteroatoms. The predicted molar refractivity (Wildman–Crippen MR) is 87.7 cm³/mol. The van der Waals surface area contributed by atoms with Crippen LogP contribution in [0.25, 0.3) is 10.8 Å². The highest BCUT2D eigenvalue weighted by Crippen LogP contribution is 2.48.